The first kappa shape index (κ1) is 15.9. The average Bonchev–Trinajstić information content (AvgIpc) is 2.42. The van der Waals surface area contributed by atoms with Crippen LogP contribution in [0.4, 0.5) is 0 Å². The zero-order chi connectivity index (χ0) is 15.4. The zero-order valence-corrected chi connectivity index (χ0v) is 13.4. The lowest BCUT2D eigenvalue weighted by Gasteiger charge is -2.11. The second kappa shape index (κ2) is 6.97. The Balaban J connectivity index is 2.18. The monoisotopic (exact) mass is 322 g/mol. The van der Waals surface area contributed by atoms with E-state index < -0.39 is 0 Å². The molecular weight excluding hydrogens is 307 g/mol. The van der Waals surface area contributed by atoms with Gasteiger partial charge in [-0.1, -0.05) is 35.3 Å². The number of ether oxygens (including phenoxy) is 1. The van der Waals surface area contributed by atoms with Gasteiger partial charge in [-0.05, 0) is 49.7 Å². The first-order valence-corrected chi connectivity index (χ1v) is 7.45. The molecule has 0 amide bonds. The molecule has 0 aliphatic rings. The Labute approximate surface area is 134 Å². The Bertz CT molecular complexity index is 651. The second-order valence-electron chi connectivity index (χ2n) is 5.03. The summed E-state index contributed by atoms with van der Waals surface area (Å²) in [5.41, 5.74) is 1.33. The van der Waals surface area contributed by atoms with E-state index in [4.69, 9.17) is 27.9 Å². The van der Waals surface area contributed by atoms with Crippen LogP contribution < -0.4 is 4.74 Å². The highest BCUT2D eigenvalue weighted by molar-refractivity contribution is 6.33. The van der Waals surface area contributed by atoms with Crippen LogP contribution in [0.25, 0.3) is 0 Å². The van der Waals surface area contributed by atoms with Crippen molar-refractivity contribution in [2.45, 2.75) is 26.4 Å². The summed E-state index contributed by atoms with van der Waals surface area (Å²) >= 11 is 12.0. The van der Waals surface area contributed by atoms with Crippen LogP contribution in [0.2, 0.25) is 10.0 Å². The maximum absolute atomic E-state index is 12.4. The maximum atomic E-state index is 12.4. The van der Waals surface area contributed by atoms with Crippen LogP contribution in [-0.4, -0.2) is 11.9 Å². The molecule has 0 atom stereocenters. The largest absolute Gasteiger partial charge is 0.491 e. The molecule has 0 bridgehead atoms. The molecule has 4 heteroatoms. The molecule has 0 spiro atoms. The highest BCUT2D eigenvalue weighted by atomic mass is 35.5. The molecule has 0 saturated heterocycles. The predicted molar refractivity (Wildman–Crippen MR) is 86.7 cm³/mol. The van der Waals surface area contributed by atoms with Crippen LogP contribution in [0.15, 0.2) is 42.5 Å². The van der Waals surface area contributed by atoms with E-state index in [-0.39, 0.29) is 18.3 Å². The van der Waals surface area contributed by atoms with E-state index in [1.807, 2.05) is 26.0 Å². The van der Waals surface area contributed by atoms with E-state index in [0.717, 1.165) is 5.56 Å². The van der Waals surface area contributed by atoms with Gasteiger partial charge in [0.2, 0.25) is 0 Å². The van der Waals surface area contributed by atoms with E-state index in [9.17, 15) is 4.79 Å². The molecule has 2 nitrogen and oxygen atoms in total. The number of benzene rings is 2. The van der Waals surface area contributed by atoms with E-state index in [2.05, 4.69) is 0 Å². The van der Waals surface area contributed by atoms with Gasteiger partial charge >= 0.3 is 0 Å². The molecule has 110 valence electrons. The summed E-state index contributed by atoms with van der Waals surface area (Å²) in [4.78, 5) is 12.4. The van der Waals surface area contributed by atoms with Crippen molar-refractivity contribution in [1.29, 1.82) is 0 Å². The van der Waals surface area contributed by atoms with Crippen molar-refractivity contribution < 1.29 is 9.53 Å². The quantitative estimate of drug-likeness (QED) is 0.706. The summed E-state index contributed by atoms with van der Waals surface area (Å²) < 4.78 is 5.60. The van der Waals surface area contributed by atoms with Gasteiger partial charge in [0.1, 0.15) is 5.75 Å². The summed E-state index contributed by atoms with van der Waals surface area (Å²) in [5.74, 6) is 0.668. The van der Waals surface area contributed by atoms with Gasteiger partial charge in [-0.15, -0.1) is 0 Å². The van der Waals surface area contributed by atoms with E-state index in [1.165, 1.54) is 0 Å². The third-order valence-corrected chi connectivity index (χ3v) is 3.49. The molecule has 0 N–H and O–H groups in total. The van der Waals surface area contributed by atoms with Crippen molar-refractivity contribution in [3.05, 3.63) is 63.6 Å². The molecule has 0 heterocycles. The molecule has 0 saturated carbocycles. The Hall–Kier alpha value is -1.51. The van der Waals surface area contributed by atoms with Gasteiger partial charge in [-0.25, -0.2) is 0 Å². The lowest BCUT2D eigenvalue weighted by atomic mass is 10.0. The molecule has 0 aliphatic carbocycles. The minimum atomic E-state index is -0.0200. The second-order valence-corrected chi connectivity index (χ2v) is 5.87. The van der Waals surface area contributed by atoms with Crippen LogP contribution in [0, 0.1) is 0 Å². The predicted octanol–water partition coefficient (Wildman–Crippen LogP) is 5.21. The van der Waals surface area contributed by atoms with Gasteiger partial charge in [0.05, 0.1) is 6.10 Å². The van der Waals surface area contributed by atoms with Crippen molar-refractivity contribution in [3.63, 3.8) is 0 Å². The zero-order valence-electron chi connectivity index (χ0n) is 11.9. The minimum Gasteiger partial charge on any atom is -0.491 e. The normalized spacial score (nSPS) is 10.7. The lowest BCUT2D eigenvalue weighted by Crippen LogP contribution is -2.08. The summed E-state index contributed by atoms with van der Waals surface area (Å²) in [7, 11) is 0. The van der Waals surface area contributed by atoms with Crippen molar-refractivity contribution in [2.24, 2.45) is 0 Å². The average molecular weight is 323 g/mol. The molecule has 2 aromatic rings. The number of carbonyl (C=O) groups excluding carboxylic acids is 1. The Kier molecular flexibility index (Phi) is 5.27. The van der Waals surface area contributed by atoms with Crippen LogP contribution in [0.3, 0.4) is 0 Å². The van der Waals surface area contributed by atoms with E-state index >= 15 is 0 Å². The molecule has 0 radical (unpaired) electrons. The fourth-order valence-electron chi connectivity index (χ4n) is 1.97. The van der Waals surface area contributed by atoms with Crippen molar-refractivity contribution in [3.8, 4) is 5.75 Å². The van der Waals surface area contributed by atoms with Gasteiger partial charge < -0.3 is 4.74 Å². The van der Waals surface area contributed by atoms with Crippen LogP contribution >= 0.6 is 23.2 Å². The molecule has 21 heavy (non-hydrogen) atoms. The Morgan fingerprint density at radius 2 is 1.90 bits per heavy atom. The third kappa shape index (κ3) is 4.48. The molecule has 2 rings (SSSR count). The van der Waals surface area contributed by atoms with Gasteiger partial charge in [0.15, 0.2) is 5.78 Å². The summed E-state index contributed by atoms with van der Waals surface area (Å²) in [6.07, 6.45) is 0.280. The van der Waals surface area contributed by atoms with Crippen LogP contribution in [0.1, 0.15) is 29.8 Å². The standard InChI is InChI=1S/C17H16Cl2O2/c1-11(2)21-15-5-3-4-12(9-15)17(20)10-13-8-14(18)6-7-16(13)19/h3-9,11H,10H2,1-2H3. The van der Waals surface area contributed by atoms with Gasteiger partial charge in [0.25, 0.3) is 0 Å². The van der Waals surface area contributed by atoms with E-state index in [1.54, 1.807) is 30.3 Å². The maximum Gasteiger partial charge on any atom is 0.167 e. The number of rotatable bonds is 5. The molecular formula is C17H16Cl2O2. The number of hydrogen-bond donors (Lipinski definition) is 0. The number of carbonyl (C=O) groups is 1. The number of Topliss-reactive ketones (excluding diaryl/α,β-unsaturated/α-hetero) is 1. The van der Waals surface area contributed by atoms with Gasteiger partial charge in [-0.2, -0.15) is 0 Å². The highest BCUT2D eigenvalue weighted by Crippen LogP contribution is 2.23. The molecule has 0 fully saturated rings. The Morgan fingerprint density at radius 1 is 1.14 bits per heavy atom. The molecule has 0 aromatic heterocycles. The van der Waals surface area contributed by atoms with Crippen molar-refractivity contribution in [2.75, 3.05) is 0 Å². The summed E-state index contributed by atoms with van der Waals surface area (Å²) in [6, 6.07) is 12.3. The van der Waals surface area contributed by atoms with Crippen molar-refractivity contribution >= 4 is 29.0 Å². The summed E-state index contributed by atoms with van der Waals surface area (Å²) in [6.45, 7) is 3.89. The smallest absolute Gasteiger partial charge is 0.167 e. The topological polar surface area (TPSA) is 26.3 Å². The van der Waals surface area contributed by atoms with Gasteiger partial charge in [-0.3, -0.25) is 4.79 Å². The molecule has 2 aromatic carbocycles. The minimum absolute atomic E-state index is 0.0200. The number of ketones is 1. The Morgan fingerprint density at radius 3 is 2.62 bits per heavy atom. The first-order valence-electron chi connectivity index (χ1n) is 6.69. The lowest BCUT2D eigenvalue weighted by molar-refractivity contribution is 0.0992. The fourth-order valence-corrected chi connectivity index (χ4v) is 2.35. The molecule has 0 aliphatic heterocycles. The van der Waals surface area contributed by atoms with Crippen molar-refractivity contribution in [1.82, 2.24) is 0 Å². The van der Waals surface area contributed by atoms with Crippen LogP contribution in [-0.2, 0) is 6.42 Å². The van der Waals surface area contributed by atoms with Crippen LogP contribution in [0.5, 0.6) is 5.75 Å². The first-order chi connectivity index (χ1) is 9.95. The summed E-state index contributed by atoms with van der Waals surface area (Å²) in [5, 5.41) is 1.11. The van der Waals surface area contributed by atoms with E-state index in [0.29, 0.717) is 21.4 Å². The fraction of sp³-hybridized carbons (Fsp3) is 0.235. The SMILES string of the molecule is CC(C)Oc1cccc(C(=O)Cc2cc(Cl)ccc2Cl)c1. The number of halogens is 2. The molecule has 0 unspecified atom stereocenters. The van der Waals surface area contributed by atoms with Gasteiger partial charge in [0, 0.05) is 22.0 Å². The third-order valence-electron chi connectivity index (χ3n) is 2.89. The number of hydrogen-bond acceptors (Lipinski definition) is 2. The highest BCUT2D eigenvalue weighted by Gasteiger charge is 2.11.